The molecule has 3 fully saturated rings. The molecule has 0 amide bonds. The maximum atomic E-state index is 13.3. The molecule has 8 heteroatoms. The second-order valence-corrected chi connectivity index (χ2v) is 13.5. The van der Waals surface area contributed by atoms with Crippen LogP contribution < -0.4 is 0 Å². The number of alkyl halides is 1. The minimum Gasteiger partial charge on any atom is -0.455 e. The molecule has 1 aliphatic heterocycles. The van der Waals surface area contributed by atoms with Crippen LogP contribution in [-0.2, 0) is 14.3 Å². The molecule has 7 nitrogen and oxygen atoms in total. The molecule has 200 valence electrons. The van der Waals surface area contributed by atoms with E-state index in [4.69, 9.17) is 16.3 Å². The van der Waals surface area contributed by atoms with Crippen molar-refractivity contribution in [1.29, 1.82) is 0 Å². The Kier molecular flexibility index (Phi) is 5.61. The number of rotatable bonds is 2. The van der Waals surface area contributed by atoms with E-state index in [0.717, 1.165) is 5.57 Å². The van der Waals surface area contributed by atoms with E-state index in [1.807, 2.05) is 13.8 Å². The van der Waals surface area contributed by atoms with Crippen molar-refractivity contribution in [2.45, 2.75) is 113 Å². The quantitative estimate of drug-likeness (QED) is 0.324. The number of cyclic esters (lactones) is 1. The molecule has 1 heterocycles. The summed E-state index contributed by atoms with van der Waals surface area (Å²) < 4.78 is 5.61. The molecular formula is C28H39ClO7. The third-order valence-corrected chi connectivity index (χ3v) is 12.5. The second kappa shape index (κ2) is 7.66. The van der Waals surface area contributed by atoms with Crippen LogP contribution in [0.3, 0.4) is 0 Å². The number of allylic oxidation sites excluding steroid dienone is 2. The van der Waals surface area contributed by atoms with Gasteiger partial charge in [-0.25, -0.2) is 4.79 Å². The number of halogens is 1. The fraction of sp³-hybridized carbons (Fsp3) is 0.786. The molecule has 0 bridgehead atoms. The highest BCUT2D eigenvalue weighted by Gasteiger charge is 2.78. The number of fused-ring (bicyclic) bond motifs is 5. The number of carbonyl (C=O) groups is 2. The average Bonchev–Trinajstić information content (AvgIpc) is 3.03. The highest BCUT2D eigenvalue weighted by atomic mass is 35.5. The van der Waals surface area contributed by atoms with E-state index < -0.39 is 56.6 Å². The van der Waals surface area contributed by atoms with Crippen LogP contribution in [0.15, 0.2) is 23.3 Å². The van der Waals surface area contributed by atoms with Gasteiger partial charge in [-0.2, -0.15) is 0 Å². The van der Waals surface area contributed by atoms with Crippen molar-refractivity contribution in [1.82, 2.24) is 0 Å². The first-order valence-electron chi connectivity index (χ1n) is 13.1. The van der Waals surface area contributed by atoms with Crippen molar-refractivity contribution < 1.29 is 34.8 Å². The predicted molar refractivity (Wildman–Crippen MR) is 133 cm³/mol. The third-order valence-electron chi connectivity index (χ3n) is 11.7. The summed E-state index contributed by atoms with van der Waals surface area (Å²) in [7, 11) is 0. The summed E-state index contributed by atoms with van der Waals surface area (Å²) in [5.41, 5.74) is -6.00. The molecular weight excluding hydrogens is 484 g/mol. The monoisotopic (exact) mass is 522 g/mol. The van der Waals surface area contributed by atoms with Gasteiger partial charge in [0.1, 0.15) is 17.3 Å². The van der Waals surface area contributed by atoms with Gasteiger partial charge in [0.15, 0.2) is 5.78 Å². The lowest BCUT2D eigenvalue weighted by Gasteiger charge is -2.66. The molecule has 5 rings (SSSR count). The van der Waals surface area contributed by atoms with E-state index in [9.17, 15) is 30.0 Å². The third kappa shape index (κ3) is 2.79. The fourth-order valence-corrected chi connectivity index (χ4v) is 9.32. The van der Waals surface area contributed by atoms with Crippen LogP contribution in [-0.4, -0.2) is 66.1 Å². The second-order valence-electron chi connectivity index (χ2n) is 12.8. The molecule has 0 aromatic heterocycles. The summed E-state index contributed by atoms with van der Waals surface area (Å²) in [6.45, 7) is 8.61. The number of hydrogen-bond donors (Lipinski definition) is 4. The van der Waals surface area contributed by atoms with Crippen LogP contribution in [0.25, 0.3) is 0 Å². The van der Waals surface area contributed by atoms with E-state index in [1.54, 1.807) is 26.0 Å². The van der Waals surface area contributed by atoms with Gasteiger partial charge in [-0.05, 0) is 77.2 Å². The number of ketones is 1. The number of hydrogen-bond acceptors (Lipinski definition) is 7. The Morgan fingerprint density at radius 3 is 2.42 bits per heavy atom. The van der Waals surface area contributed by atoms with Crippen molar-refractivity contribution in [2.75, 3.05) is 0 Å². The van der Waals surface area contributed by atoms with E-state index in [0.29, 0.717) is 31.3 Å². The van der Waals surface area contributed by atoms with E-state index in [2.05, 4.69) is 0 Å². The van der Waals surface area contributed by atoms with E-state index in [1.165, 1.54) is 6.92 Å². The van der Waals surface area contributed by atoms with Crippen LogP contribution in [0.4, 0.5) is 0 Å². The van der Waals surface area contributed by atoms with Gasteiger partial charge >= 0.3 is 5.97 Å². The summed E-state index contributed by atoms with van der Waals surface area (Å²) in [4.78, 5) is 24.6. The van der Waals surface area contributed by atoms with Crippen LogP contribution in [0.5, 0.6) is 0 Å². The molecule has 2 unspecified atom stereocenters. The Morgan fingerprint density at radius 1 is 1.11 bits per heavy atom. The van der Waals surface area contributed by atoms with Gasteiger partial charge in [0.25, 0.3) is 0 Å². The predicted octanol–water partition coefficient (Wildman–Crippen LogP) is 2.96. The van der Waals surface area contributed by atoms with Crippen LogP contribution in [0, 0.1) is 22.7 Å². The maximum absolute atomic E-state index is 13.3. The maximum Gasteiger partial charge on any atom is 0.334 e. The van der Waals surface area contributed by atoms with Gasteiger partial charge in [0.05, 0.1) is 22.0 Å². The standard InChI is InChI=1S/C28H39ClO7/c1-15-13-21(36-22(32)16(15)2)25(5,33)28(35)12-11-27(34)18-14-20(31)26(29)9-6-7-19(30)24(26,4)17(18)8-10-23(27,28)3/h6-7,17-18,20-21,31,33-35H,8-14H2,1-5H3/t17-,18+,20?,21?,23-,24-,25-,26-,27+,28-/m0/s1. The van der Waals surface area contributed by atoms with Gasteiger partial charge in [-0.3, -0.25) is 4.79 Å². The molecule has 0 radical (unpaired) electrons. The van der Waals surface area contributed by atoms with Gasteiger partial charge in [-0.1, -0.05) is 25.5 Å². The molecule has 3 saturated carbocycles. The zero-order chi connectivity index (χ0) is 26.7. The first-order valence-corrected chi connectivity index (χ1v) is 13.5. The van der Waals surface area contributed by atoms with Gasteiger partial charge in [0.2, 0.25) is 0 Å². The number of carbonyl (C=O) groups excluding carboxylic acids is 2. The molecule has 36 heavy (non-hydrogen) atoms. The van der Waals surface area contributed by atoms with Crippen molar-refractivity contribution in [3.63, 3.8) is 0 Å². The Labute approximate surface area is 217 Å². The zero-order valence-electron chi connectivity index (χ0n) is 21.8. The minimum atomic E-state index is -1.84. The first kappa shape index (κ1) is 26.4. The zero-order valence-corrected chi connectivity index (χ0v) is 22.6. The lowest BCUT2D eigenvalue weighted by molar-refractivity contribution is -0.287. The molecule has 0 saturated heterocycles. The smallest absolute Gasteiger partial charge is 0.334 e. The molecule has 0 aromatic rings. The summed E-state index contributed by atoms with van der Waals surface area (Å²) >= 11 is 7.03. The highest BCUT2D eigenvalue weighted by molar-refractivity contribution is 6.28. The number of aliphatic hydroxyl groups excluding tert-OH is 1. The fourth-order valence-electron chi connectivity index (χ4n) is 8.91. The SMILES string of the molecule is CC1=C(C)C(=O)OC([C@](C)(O)[C@]2(O)CC[C@@]3(O)[C@@H]4CC(O)[C@@]5(Cl)CC=CC(=O)[C@]5(C)[C@H]4CC[C@]23C)C1. The Bertz CT molecular complexity index is 1080. The van der Waals surface area contributed by atoms with Crippen LogP contribution in [0.1, 0.15) is 79.6 Å². The van der Waals surface area contributed by atoms with Gasteiger partial charge in [-0.15, -0.1) is 11.6 Å². The summed E-state index contributed by atoms with van der Waals surface area (Å²) in [5.74, 6) is -1.44. The molecule has 0 spiro atoms. The Hall–Kier alpha value is -1.25. The molecule has 4 aliphatic carbocycles. The lowest BCUT2D eigenvalue weighted by Crippen LogP contribution is -2.75. The Morgan fingerprint density at radius 2 is 1.78 bits per heavy atom. The molecule has 0 aromatic carbocycles. The minimum absolute atomic E-state index is 0.0959. The van der Waals surface area contributed by atoms with Crippen LogP contribution in [0.2, 0.25) is 0 Å². The normalized spacial score (nSPS) is 52.3. The van der Waals surface area contributed by atoms with Crippen LogP contribution >= 0.6 is 11.6 Å². The largest absolute Gasteiger partial charge is 0.455 e. The summed E-state index contributed by atoms with van der Waals surface area (Å²) in [6.07, 6.45) is 3.27. The van der Waals surface area contributed by atoms with Crippen molar-refractivity contribution in [2.24, 2.45) is 22.7 Å². The summed E-state index contributed by atoms with van der Waals surface area (Å²) in [5, 5.41) is 47.9. The van der Waals surface area contributed by atoms with Crippen molar-refractivity contribution >= 4 is 23.4 Å². The van der Waals surface area contributed by atoms with E-state index >= 15 is 0 Å². The highest BCUT2D eigenvalue weighted by Crippen LogP contribution is 2.72. The number of esters is 1. The van der Waals surface area contributed by atoms with Gasteiger partial charge < -0.3 is 25.2 Å². The summed E-state index contributed by atoms with van der Waals surface area (Å²) in [6, 6.07) is 0. The van der Waals surface area contributed by atoms with Crippen molar-refractivity contribution in [3.05, 3.63) is 23.3 Å². The first-order chi connectivity index (χ1) is 16.5. The number of aliphatic hydroxyl groups is 4. The van der Waals surface area contributed by atoms with Crippen molar-refractivity contribution in [3.8, 4) is 0 Å². The van der Waals surface area contributed by atoms with E-state index in [-0.39, 0.29) is 31.0 Å². The molecule has 10 atom stereocenters. The average molecular weight is 523 g/mol. The molecule has 4 N–H and O–H groups in total. The number of ether oxygens (including phenoxy) is 1. The Balaban J connectivity index is 1.55. The molecule has 5 aliphatic rings. The lowest BCUT2D eigenvalue weighted by atomic mass is 9.42. The van der Waals surface area contributed by atoms with Gasteiger partial charge in [0, 0.05) is 17.4 Å². The topological polar surface area (TPSA) is 124 Å².